The van der Waals surface area contributed by atoms with Crippen LogP contribution < -0.4 is 5.73 Å². The van der Waals surface area contributed by atoms with Crippen LogP contribution in [0.25, 0.3) is 0 Å². The van der Waals surface area contributed by atoms with E-state index in [1.165, 1.54) is 0 Å². The van der Waals surface area contributed by atoms with Crippen molar-refractivity contribution in [1.29, 1.82) is 0 Å². The first-order valence-electron chi connectivity index (χ1n) is 2.51. The molecular formula is C6H6NS2Y-. The van der Waals surface area contributed by atoms with E-state index in [2.05, 4.69) is 5.38 Å². The van der Waals surface area contributed by atoms with Crippen molar-refractivity contribution >= 4 is 28.5 Å². The van der Waals surface area contributed by atoms with Gasteiger partial charge in [0.1, 0.15) is 0 Å². The zero-order valence-electron chi connectivity index (χ0n) is 5.33. The molecule has 0 bridgehead atoms. The van der Waals surface area contributed by atoms with E-state index in [-0.39, 0.29) is 32.7 Å². The zero-order chi connectivity index (χ0) is 6.69. The normalized spacial score (nSPS) is 8.40. The predicted molar refractivity (Wildman–Crippen MR) is 43.6 cm³/mol. The Morgan fingerprint density at radius 2 is 2.50 bits per heavy atom. The second-order valence-electron chi connectivity index (χ2n) is 1.69. The van der Waals surface area contributed by atoms with Crippen LogP contribution in [0.5, 0.6) is 0 Å². The van der Waals surface area contributed by atoms with Gasteiger partial charge in [-0.05, 0) is 6.42 Å². The maximum atomic E-state index is 5.30. The molecule has 0 saturated carbocycles. The number of hydrogen-bond acceptors (Lipinski definition) is 2. The predicted octanol–water partition coefficient (Wildman–Crippen LogP) is 1.37. The minimum atomic E-state index is 0. The van der Waals surface area contributed by atoms with Crippen LogP contribution in [0.2, 0.25) is 0 Å². The maximum Gasteiger partial charge on any atom is 0.0750 e. The Bertz CT molecular complexity index is 196. The van der Waals surface area contributed by atoms with Crippen LogP contribution in [0.1, 0.15) is 5.56 Å². The van der Waals surface area contributed by atoms with Crippen molar-refractivity contribution < 1.29 is 32.7 Å². The molecule has 1 aromatic rings. The minimum Gasteiger partial charge on any atom is -0.393 e. The van der Waals surface area contributed by atoms with Crippen LogP contribution >= 0.6 is 23.6 Å². The molecule has 1 nitrogen and oxygen atoms in total. The molecule has 0 spiro atoms. The molecule has 1 rings (SSSR count). The van der Waals surface area contributed by atoms with Crippen LogP contribution in [0, 0.1) is 5.38 Å². The molecule has 0 unspecified atom stereocenters. The molecule has 1 heterocycles. The Kier molecular flexibility index (Phi) is 5.73. The molecule has 1 radical (unpaired) electrons. The second kappa shape index (κ2) is 5.36. The first-order chi connectivity index (χ1) is 4.29. The fourth-order valence-corrected chi connectivity index (χ4v) is 1.29. The number of nitrogens with two attached hydrogens (primary N) is 1. The third-order valence-corrected chi connectivity index (χ3v) is 1.69. The molecule has 0 fully saturated rings. The summed E-state index contributed by atoms with van der Waals surface area (Å²) in [6, 6.07) is 1.98. The maximum absolute atomic E-state index is 5.30. The number of rotatable bonds is 2. The van der Waals surface area contributed by atoms with Gasteiger partial charge in [-0.25, -0.2) is 6.07 Å². The Morgan fingerprint density at radius 3 is 2.90 bits per heavy atom. The quantitative estimate of drug-likeness (QED) is 0.629. The molecule has 10 heavy (non-hydrogen) atoms. The summed E-state index contributed by atoms with van der Waals surface area (Å²) in [7, 11) is 0. The molecular weight excluding hydrogens is 239 g/mol. The van der Waals surface area contributed by atoms with E-state index >= 15 is 0 Å². The topological polar surface area (TPSA) is 26.0 Å². The number of hydrogen-bond donors (Lipinski definition) is 1. The van der Waals surface area contributed by atoms with Gasteiger partial charge < -0.3 is 17.1 Å². The van der Waals surface area contributed by atoms with Gasteiger partial charge in [0.15, 0.2) is 0 Å². The van der Waals surface area contributed by atoms with Crippen molar-refractivity contribution in [3.63, 3.8) is 0 Å². The van der Waals surface area contributed by atoms with Crippen LogP contribution in [-0.4, -0.2) is 4.99 Å². The fourth-order valence-electron chi connectivity index (χ4n) is 0.543. The average Bonchev–Trinajstić information content (AvgIpc) is 2.15. The Hall–Kier alpha value is 0.694. The van der Waals surface area contributed by atoms with E-state index in [0.29, 0.717) is 11.4 Å². The van der Waals surface area contributed by atoms with Gasteiger partial charge in [0.2, 0.25) is 0 Å². The first kappa shape index (κ1) is 10.7. The third kappa shape index (κ3) is 3.76. The van der Waals surface area contributed by atoms with E-state index in [4.69, 9.17) is 18.0 Å². The van der Waals surface area contributed by atoms with Gasteiger partial charge in [0.25, 0.3) is 0 Å². The van der Waals surface area contributed by atoms with Crippen LogP contribution in [0.15, 0.2) is 11.4 Å². The molecule has 0 amide bonds. The largest absolute Gasteiger partial charge is 0.393 e. The molecule has 2 N–H and O–H groups in total. The van der Waals surface area contributed by atoms with E-state index in [1.54, 1.807) is 11.3 Å². The van der Waals surface area contributed by atoms with E-state index < -0.39 is 0 Å². The minimum absolute atomic E-state index is 0. The Balaban J connectivity index is 0.000000810. The molecule has 0 saturated heterocycles. The summed E-state index contributed by atoms with van der Waals surface area (Å²) in [6.07, 6.45) is 0.679. The summed E-state index contributed by atoms with van der Waals surface area (Å²) in [4.78, 5) is 0.532. The molecule has 0 atom stereocenters. The van der Waals surface area contributed by atoms with E-state index in [1.807, 2.05) is 11.4 Å². The molecule has 0 aromatic carbocycles. The molecule has 0 aliphatic carbocycles. The summed E-state index contributed by atoms with van der Waals surface area (Å²) >= 11 is 6.25. The van der Waals surface area contributed by atoms with Gasteiger partial charge in [-0.3, -0.25) is 0 Å². The third-order valence-electron chi connectivity index (χ3n) is 0.892. The summed E-state index contributed by atoms with van der Waals surface area (Å²) in [5, 5.41) is 5.01. The van der Waals surface area contributed by atoms with Gasteiger partial charge in [-0.1, -0.05) is 12.2 Å². The average molecular weight is 245 g/mol. The number of thiophene rings is 1. The van der Waals surface area contributed by atoms with Gasteiger partial charge in [-0.2, -0.15) is 10.9 Å². The molecule has 0 aliphatic heterocycles. The summed E-state index contributed by atoms with van der Waals surface area (Å²) in [5.74, 6) is 0. The van der Waals surface area contributed by atoms with Crippen LogP contribution in [0.4, 0.5) is 0 Å². The summed E-state index contributed by atoms with van der Waals surface area (Å²) in [5.41, 5.74) is 6.39. The van der Waals surface area contributed by atoms with Crippen molar-refractivity contribution in [2.45, 2.75) is 6.42 Å². The smallest absolute Gasteiger partial charge is 0.0750 e. The second-order valence-corrected chi connectivity index (χ2v) is 2.93. The Labute approximate surface area is 94.9 Å². The van der Waals surface area contributed by atoms with Gasteiger partial charge >= 0.3 is 0 Å². The van der Waals surface area contributed by atoms with Crippen molar-refractivity contribution in [3.05, 3.63) is 22.4 Å². The van der Waals surface area contributed by atoms with Gasteiger partial charge in [0, 0.05) is 32.7 Å². The number of thiocarbonyl (C=S) groups is 1. The first-order valence-corrected chi connectivity index (χ1v) is 3.80. The van der Waals surface area contributed by atoms with Crippen molar-refractivity contribution in [1.82, 2.24) is 0 Å². The molecule has 4 heteroatoms. The van der Waals surface area contributed by atoms with Crippen molar-refractivity contribution in [3.8, 4) is 0 Å². The fraction of sp³-hybridized carbons (Fsp3) is 0.167. The van der Waals surface area contributed by atoms with Crippen LogP contribution in [-0.2, 0) is 39.1 Å². The van der Waals surface area contributed by atoms with Crippen LogP contribution in [0.3, 0.4) is 0 Å². The standard InChI is InChI=1S/C6H6NS2.Y/c7-6(8)3-5-1-2-9-4-5;/h1-2H,3H2,(H2,7,8);/q-1;. The van der Waals surface area contributed by atoms with Crippen molar-refractivity contribution in [2.24, 2.45) is 5.73 Å². The summed E-state index contributed by atoms with van der Waals surface area (Å²) < 4.78 is 0. The zero-order valence-corrected chi connectivity index (χ0v) is 9.80. The Morgan fingerprint density at radius 1 is 1.80 bits per heavy atom. The monoisotopic (exact) mass is 245 g/mol. The SMILES string of the molecule is NC(=S)Cc1[c-]scc1.[Y]. The summed E-state index contributed by atoms with van der Waals surface area (Å²) in [6.45, 7) is 0. The van der Waals surface area contributed by atoms with E-state index in [0.717, 1.165) is 5.56 Å². The van der Waals surface area contributed by atoms with Crippen molar-refractivity contribution in [2.75, 3.05) is 0 Å². The van der Waals surface area contributed by atoms with Gasteiger partial charge in [-0.15, -0.1) is 5.38 Å². The molecule has 0 aliphatic rings. The van der Waals surface area contributed by atoms with E-state index in [9.17, 15) is 0 Å². The van der Waals surface area contributed by atoms with Gasteiger partial charge in [0.05, 0.1) is 4.99 Å². The molecule has 1 aromatic heterocycles. The molecule has 51 valence electrons.